The summed E-state index contributed by atoms with van der Waals surface area (Å²) in [5, 5.41) is 12.7. The van der Waals surface area contributed by atoms with Crippen molar-refractivity contribution in [1.82, 2.24) is 5.16 Å². The van der Waals surface area contributed by atoms with E-state index in [0.29, 0.717) is 28.3 Å². The van der Waals surface area contributed by atoms with Gasteiger partial charge in [0.05, 0.1) is 17.2 Å². The quantitative estimate of drug-likeness (QED) is 0.473. The van der Waals surface area contributed by atoms with Crippen LogP contribution in [0.3, 0.4) is 0 Å². The summed E-state index contributed by atoms with van der Waals surface area (Å²) in [5.74, 6) is 0.973. The molecule has 6 heteroatoms. The smallest absolute Gasteiger partial charge is 0.339 e. The number of hydrogen-bond acceptors (Lipinski definition) is 6. The number of aromatic nitrogens is 1. The van der Waals surface area contributed by atoms with Crippen molar-refractivity contribution < 1.29 is 14.1 Å². The lowest BCUT2D eigenvalue weighted by atomic mass is 10.2. The van der Waals surface area contributed by atoms with Gasteiger partial charge in [0, 0.05) is 16.7 Å². The molecule has 26 heavy (non-hydrogen) atoms. The first-order valence-electron chi connectivity index (χ1n) is 7.96. The molecule has 1 aromatic heterocycles. The van der Waals surface area contributed by atoms with Gasteiger partial charge in [-0.25, -0.2) is 4.79 Å². The number of aryl methyl sites for hydroxylation is 1. The Labute approximate surface area is 155 Å². The number of esters is 1. The SMILES string of the molecule is Cc1cc(COC(=O)c2ccccc2SCc2ccc(C#N)cc2)no1. The third kappa shape index (κ3) is 4.52. The molecule has 2 aromatic carbocycles. The minimum absolute atomic E-state index is 0.0742. The summed E-state index contributed by atoms with van der Waals surface area (Å²) in [6.07, 6.45) is 0. The normalized spacial score (nSPS) is 10.3. The number of rotatable bonds is 6. The topological polar surface area (TPSA) is 76.1 Å². The van der Waals surface area contributed by atoms with E-state index in [1.165, 1.54) is 0 Å². The fourth-order valence-corrected chi connectivity index (χ4v) is 3.30. The molecule has 0 saturated carbocycles. The predicted octanol–water partition coefficient (Wildman–Crippen LogP) is 4.50. The molecule has 1 heterocycles. The highest BCUT2D eigenvalue weighted by molar-refractivity contribution is 7.98. The highest BCUT2D eigenvalue weighted by atomic mass is 32.2. The van der Waals surface area contributed by atoms with Crippen LogP contribution in [0.25, 0.3) is 0 Å². The molecule has 0 radical (unpaired) electrons. The van der Waals surface area contributed by atoms with E-state index in [-0.39, 0.29) is 6.61 Å². The summed E-state index contributed by atoms with van der Waals surface area (Å²) < 4.78 is 10.3. The van der Waals surface area contributed by atoms with Crippen LogP contribution in [0.4, 0.5) is 0 Å². The first-order valence-corrected chi connectivity index (χ1v) is 8.94. The van der Waals surface area contributed by atoms with Gasteiger partial charge in [-0.1, -0.05) is 29.4 Å². The zero-order valence-electron chi connectivity index (χ0n) is 14.1. The van der Waals surface area contributed by atoms with Gasteiger partial charge < -0.3 is 9.26 Å². The lowest BCUT2D eigenvalue weighted by Crippen LogP contribution is -2.06. The second kappa shape index (κ2) is 8.37. The molecular weight excluding hydrogens is 348 g/mol. The van der Waals surface area contributed by atoms with Crippen molar-refractivity contribution in [2.75, 3.05) is 0 Å². The lowest BCUT2D eigenvalue weighted by Gasteiger charge is -2.09. The van der Waals surface area contributed by atoms with Crippen molar-refractivity contribution in [3.05, 3.63) is 82.7 Å². The van der Waals surface area contributed by atoms with E-state index in [1.54, 1.807) is 43.0 Å². The number of benzene rings is 2. The molecule has 0 unspecified atom stereocenters. The van der Waals surface area contributed by atoms with Gasteiger partial charge in [0.1, 0.15) is 18.1 Å². The third-order valence-corrected chi connectivity index (χ3v) is 4.76. The summed E-state index contributed by atoms with van der Waals surface area (Å²) in [4.78, 5) is 13.3. The van der Waals surface area contributed by atoms with Gasteiger partial charge in [-0.05, 0) is 36.8 Å². The van der Waals surface area contributed by atoms with Crippen molar-refractivity contribution in [2.45, 2.75) is 24.2 Å². The van der Waals surface area contributed by atoms with Crippen molar-refractivity contribution in [3.63, 3.8) is 0 Å². The van der Waals surface area contributed by atoms with Gasteiger partial charge >= 0.3 is 5.97 Å². The van der Waals surface area contributed by atoms with Crippen LogP contribution in [0, 0.1) is 18.3 Å². The minimum atomic E-state index is -0.395. The number of nitriles is 1. The predicted molar refractivity (Wildman–Crippen MR) is 97.5 cm³/mol. The van der Waals surface area contributed by atoms with Gasteiger partial charge in [0.15, 0.2) is 0 Å². The molecule has 0 spiro atoms. The van der Waals surface area contributed by atoms with Crippen LogP contribution in [-0.4, -0.2) is 11.1 Å². The van der Waals surface area contributed by atoms with Gasteiger partial charge in [0.25, 0.3) is 0 Å². The molecule has 0 amide bonds. The Morgan fingerprint density at radius 1 is 1.23 bits per heavy atom. The Morgan fingerprint density at radius 2 is 2.00 bits per heavy atom. The maximum atomic E-state index is 12.4. The van der Waals surface area contributed by atoms with Crippen LogP contribution in [-0.2, 0) is 17.1 Å². The molecule has 0 saturated heterocycles. The van der Waals surface area contributed by atoms with Crippen LogP contribution in [0.1, 0.15) is 32.9 Å². The fourth-order valence-electron chi connectivity index (χ4n) is 2.30. The Bertz CT molecular complexity index is 942. The molecule has 0 aliphatic carbocycles. The third-order valence-electron chi connectivity index (χ3n) is 3.61. The zero-order valence-corrected chi connectivity index (χ0v) is 15.0. The largest absolute Gasteiger partial charge is 0.455 e. The van der Waals surface area contributed by atoms with Gasteiger partial charge in [-0.3, -0.25) is 0 Å². The number of nitrogens with zero attached hydrogens (tertiary/aromatic N) is 2. The molecule has 3 aromatic rings. The first-order chi connectivity index (χ1) is 12.7. The van der Waals surface area contributed by atoms with E-state index >= 15 is 0 Å². The van der Waals surface area contributed by atoms with E-state index in [9.17, 15) is 4.79 Å². The van der Waals surface area contributed by atoms with E-state index in [4.69, 9.17) is 14.5 Å². The van der Waals surface area contributed by atoms with Crippen LogP contribution in [0.15, 0.2) is 64.0 Å². The van der Waals surface area contributed by atoms with Crippen molar-refractivity contribution in [3.8, 4) is 6.07 Å². The molecule has 0 aliphatic heterocycles. The second-order valence-electron chi connectivity index (χ2n) is 5.60. The van der Waals surface area contributed by atoms with Gasteiger partial charge in [-0.15, -0.1) is 11.8 Å². The summed E-state index contributed by atoms with van der Waals surface area (Å²) in [7, 11) is 0. The maximum absolute atomic E-state index is 12.4. The average molecular weight is 364 g/mol. The molecule has 0 N–H and O–H groups in total. The average Bonchev–Trinajstić information content (AvgIpc) is 3.10. The highest BCUT2D eigenvalue weighted by Crippen LogP contribution is 2.27. The van der Waals surface area contributed by atoms with Crippen LogP contribution in [0.2, 0.25) is 0 Å². The molecule has 5 nitrogen and oxygen atoms in total. The number of thioether (sulfide) groups is 1. The number of ether oxygens (including phenoxy) is 1. The molecular formula is C20H16N2O3S. The van der Waals surface area contributed by atoms with E-state index in [2.05, 4.69) is 11.2 Å². The minimum Gasteiger partial charge on any atom is -0.455 e. The van der Waals surface area contributed by atoms with E-state index in [0.717, 1.165) is 10.5 Å². The van der Waals surface area contributed by atoms with Crippen LogP contribution >= 0.6 is 11.8 Å². The first kappa shape index (κ1) is 17.8. The molecule has 130 valence electrons. The van der Waals surface area contributed by atoms with Gasteiger partial charge in [-0.2, -0.15) is 5.26 Å². The summed E-state index contributed by atoms with van der Waals surface area (Å²) in [5.41, 5.74) is 2.81. The summed E-state index contributed by atoms with van der Waals surface area (Å²) >= 11 is 1.55. The van der Waals surface area contributed by atoms with Crippen molar-refractivity contribution >= 4 is 17.7 Å². The Hall–Kier alpha value is -3.04. The number of hydrogen-bond donors (Lipinski definition) is 0. The van der Waals surface area contributed by atoms with E-state index in [1.807, 2.05) is 30.3 Å². The Kier molecular flexibility index (Phi) is 5.72. The maximum Gasteiger partial charge on any atom is 0.339 e. The number of carbonyl (C=O) groups excluding carboxylic acids is 1. The monoisotopic (exact) mass is 364 g/mol. The Morgan fingerprint density at radius 3 is 2.69 bits per heavy atom. The van der Waals surface area contributed by atoms with Gasteiger partial charge in [0.2, 0.25) is 0 Å². The van der Waals surface area contributed by atoms with Crippen LogP contribution < -0.4 is 0 Å². The van der Waals surface area contributed by atoms with E-state index < -0.39 is 5.97 Å². The highest BCUT2D eigenvalue weighted by Gasteiger charge is 2.14. The fraction of sp³-hybridized carbons (Fsp3) is 0.150. The second-order valence-corrected chi connectivity index (χ2v) is 6.62. The molecule has 0 aliphatic rings. The zero-order chi connectivity index (χ0) is 18.4. The molecule has 0 fully saturated rings. The summed E-state index contributed by atoms with van der Waals surface area (Å²) in [6.45, 7) is 1.86. The molecule has 0 atom stereocenters. The number of carbonyl (C=O) groups is 1. The summed E-state index contributed by atoms with van der Waals surface area (Å²) in [6, 6.07) is 18.6. The van der Waals surface area contributed by atoms with Crippen LogP contribution in [0.5, 0.6) is 0 Å². The Balaban J connectivity index is 1.64. The molecule has 0 bridgehead atoms. The molecule has 3 rings (SSSR count). The lowest BCUT2D eigenvalue weighted by molar-refractivity contribution is 0.0460. The van der Waals surface area contributed by atoms with Crippen molar-refractivity contribution in [1.29, 1.82) is 5.26 Å². The standard InChI is InChI=1S/C20H16N2O3S/c1-14-10-17(22-25-14)12-24-20(23)18-4-2-3-5-19(18)26-13-16-8-6-15(11-21)7-9-16/h2-10H,12-13H2,1H3. The van der Waals surface area contributed by atoms with Crippen molar-refractivity contribution in [2.24, 2.45) is 0 Å².